The summed E-state index contributed by atoms with van der Waals surface area (Å²) in [5.74, 6) is -0.851. The normalized spacial score (nSPS) is 9.62. The van der Waals surface area contributed by atoms with E-state index in [1.54, 1.807) is 0 Å². The molecule has 0 radical (unpaired) electrons. The molecule has 0 aliphatic rings. The highest BCUT2D eigenvalue weighted by atomic mass is 16.3. The molecule has 1 rings (SSSR count). The molecule has 13 heavy (non-hydrogen) atoms. The first-order chi connectivity index (χ1) is 6.00. The maximum Gasteiger partial charge on any atom is 0.329 e. The van der Waals surface area contributed by atoms with Gasteiger partial charge in [-0.2, -0.15) is 5.26 Å². The van der Waals surface area contributed by atoms with Crippen LogP contribution in [0.5, 0.6) is 5.88 Å². The Morgan fingerprint density at radius 1 is 1.31 bits per heavy atom. The second kappa shape index (κ2) is 2.79. The topological polar surface area (TPSA) is 90.8 Å². The Labute approximate surface area is 72.9 Å². The van der Waals surface area contributed by atoms with E-state index in [4.69, 9.17) is 5.26 Å². The lowest BCUT2D eigenvalue weighted by Gasteiger charge is -2.13. The van der Waals surface area contributed by atoms with Crippen LogP contribution in [-0.4, -0.2) is 9.13 Å². The molecule has 0 N–H and O–H groups in total. The zero-order valence-electron chi connectivity index (χ0n) is 7.07. The summed E-state index contributed by atoms with van der Waals surface area (Å²) in [6, 6.07) is 1.47. The maximum atomic E-state index is 11.1. The fourth-order valence-electron chi connectivity index (χ4n) is 0.921. The van der Waals surface area contributed by atoms with Gasteiger partial charge in [-0.15, -0.1) is 0 Å². The zero-order valence-corrected chi connectivity index (χ0v) is 7.07. The zero-order chi connectivity index (χ0) is 10.2. The number of nitriles is 1. The van der Waals surface area contributed by atoms with E-state index in [9.17, 15) is 14.7 Å². The quantitative estimate of drug-likeness (QED) is 0.463. The van der Waals surface area contributed by atoms with Gasteiger partial charge in [-0.05, 0) is 5.88 Å². The first-order valence-corrected chi connectivity index (χ1v) is 3.37. The molecule has 0 saturated carbocycles. The number of nitrogens with zero attached hydrogens (tertiary/aromatic N) is 3. The molecule has 0 bridgehead atoms. The molecule has 1 aromatic rings. The number of rotatable bonds is 0. The Morgan fingerprint density at radius 2 is 1.85 bits per heavy atom. The average Bonchev–Trinajstić information content (AvgIpc) is 2.13. The lowest BCUT2D eigenvalue weighted by atomic mass is 10.3. The molecule has 6 nitrogen and oxygen atoms in total. The molecule has 0 saturated heterocycles. The van der Waals surface area contributed by atoms with Gasteiger partial charge in [-0.25, -0.2) is 4.79 Å². The van der Waals surface area contributed by atoms with Gasteiger partial charge in [0.15, 0.2) is 0 Å². The van der Waals surface area contributed by atoms with Crippen molar-refractivity contribution >= 4 is 0 Å². The van der Waals surface area contributed by atoms with Crippen molar-refractivity contribution in [2.45, 2.75) is 0 Å². The van der Waals surface area contributed by atoms with E-state index in [1.807, 2.05) is 0 Å². The fraction of sp³-hybridized carbons (Fsp3) is 0.286. The fourth-order valence-corrected chi connectivity index (χ4v) is 0.921. The standard InChI is InChI=1S/C7H7N3O3/c1-9-5(11)4(3-8)6(12)10(2)7(9)13/h11H,1-2H3/p-1. The van der Waals surface area contributed by atoms with Crippen molar-refractivity contribution in [2.75, 3.05) is 0 Å². The summed E-state index contributed by atoms with van der Waals surface area (Å²) < 4.78 is 1.44. The lowest BCUT2D eigenvalue weighted by molar-refractivity contribution is -0.280. The Bertz CT molecular complexity index is 503. The van der Waals surface area contributed by atoms with Crippen molar-refractivity contribution in [1.29, 1.82) is 5.26 Å². The van der Waals surface area contributed by atoms with Crippen LogP contribution in [0, 0.1) is 11.3 Å². The molecular weight excluding hydrogens is 174 g/mol. The van der Waals surface area contributed by atoms with Crippen LogP contribution in [0.3, 0.4) is 0 Å². The summed E-state index contributed by atoms with van der Waals surface area (Å²) >= 11 is 0. The van der Waals surface area contributed by atoms with Crippen molar-refractivity contribution in [3.8, 4) is 11.9 Å². The Balaban J connectivity index is 3.92. The first kappa shape index (κ1) is 9.06. The second-order valence-electron chi connectivity index (χ2n) is 2.50. The van der Waals surface area contributed by atoms with E-state index in [0.29, 0.717) is 0 Å². The molecule has 1 heterocycles. The summed E-state index contributed by atoms with van der Waals surface area (Å²) in [6.07, 6.45) is 0. The van der Waals surface area contributed by atoms with Crippen molar-refractivity contribution in [3.63, 3.8) is 0 Å². The first-order valence-electron chi connectivity index (χ1n) is 3.37. The lowest BCUT2D eigenvalue weighted by Crippen LogP contribution is -2.39. The Hall–Kier alpha value is -2.03. The smallest absolute Gasteiger partial charge is 0.329 e. The SMILES string of the molecule is Cn1c([O-])c(C#N)c(=O)n(C)c1=O. The average molecular weight is 180 g/mol. The molecule has 0 unspecified atom stereocenters. The van der Waals surface area contributed by atoms with Crippen LogP contribution in [0.15, 0.2) is 9.59 Å². The Morgan fingerprint density at radius 3 is 2.31 bits per heavy atom. The molecule has 0 aliphatic carbocycles. The van der Waals surface area contributed by atoms with Gasteiger partial charge >= 0.3 is 5.69 Å². The van der Waals surface area contributed by atoms with Crippen LogP contribution >= 0.6 is 0 Å². The van der Waals surface area contributed by atoms with Crippen LogP contribution in [0.1, 0.15) is 5.56 Å². The van der Waals surface area contributed by atoms with E-state index in [2.05, 4.69) is 0 Å². The summed E-state index contributed by atoms with van der Waals surface area (Å²) in [5, 5.41) is 19.6. The van der Waals surface area contributed by atoms with E-state index < -0.39 is 22.7 Å². The van der Waals surface area contributed by atoms with E-state index in [0.717, 1.165) is 9.13 Å². The van der Waals surface area contributed by atoms with Gasteiger partial charge in [-0.3, -0.25) is 9.36 Å². The van der Waals surface area contributed by atoms with Crippen molar-refractivity contribution in [2.24, 2.45) is 14.1 Å². The highest BCUT2D eigenvalue weighted by molar-refractivity contribution is 5.34. The van der Waals surface area contributed by atoms with Gasteiger partial charge < -0.3 is 9.67 Å². The van der Waals surface area contributed by atoms with Crippen LogP contribution in [-0.2, 0) is 14.1 Å². The van der Waals surface area contributed by atoms with Gasteiger partial charge in [0, 0.05) is 14.1 Å². The Kier molecular flexibility index (Phi) is 1.94. The highest BCUT2D eigenvalue weighted by Gasteiger charge is 2.07. The number of hydrogen-bond donors (Lipinski definition) is 0. The number of hydrogen-bond acceptors (Lipinski definition) is 4. The van der Waals surface area contributed by atoms with Crippen molar-refractivity contribution in [1.82, 2.24) is 9.13 Å². The third-order valence-corrected chi connectivity index (χ3v) is 1.72. The molecule has 68 valence electrons. The second-order valence-corrected chi connectivity index (χ2v) is 2.50. The van der Waals surface area contributed by atoms with E-state index >= 15 is 0 Å². The predicted molar refractivity (Wildman–Crippen MR) is 41.1 cm³/mol. The van der Waals surface area contributed by atoms with Crippen LogP contribution in [0.2, 0.25) is 0 Å². The summed E-state index contributed by atoms with van der Waals surface area (Å²) in [7, 11) is 2.43. The van der Waals surface area contributed by atoms with Crippen LogP contribution in [0.4, 0.5) is 0 Å². The van der Waals surface area contributed by atoms with Gasteiger partial charge in [0.25, 0.3) is 5.56 Å². The monoisotopic (exact) mass is 180 g/mol. The van der Waals surface area contributed by atoms with Gasteiger partial charge in [0.05, 0.1) is 0 Å². The maximum absolute atomic E-state index is 11.1. The molecule has 1 aromatic heterocycles. The summed E-state index contributed by atoms with van der Waals surface area (Å²) in [6.45, 7) is 0. The highest BCUT2D eigenvalue weighted by Crippen LogP contribution is 2.01. The van der Waals surface area contributed by atoms with Crippen molar-refractivity contribution in [3.05, 3.63) is 26.4 Å². The van der Waals surface area contributed by atoms with Crippen molar-refractivity contribution < 1.29 is 5.11 Å². The molecular formula is C7H6N3O3-. The third kappa shape index (κ3) is 1.10. The molecule has 0 atom stereocenters. The third-order valence-electron chi connectivity index (χ3n) is 1.72. The van der Waals surface area contributed by atoms with Gasteiger partial charge in [0.1, 0.15) is 11.6 Å². The largest absolute Gasteiger partial charge is 0.859 e. The van der Waals surface area contributed by atoms with Gasteiger partial charge in [-0.1, -0.05) is 0 Å². The molecule has 0 fully saturated rings. The molecule has 0 aliphatic heterocycles. The molecule has 6 heteroatoms. The predicted octanol–water partition coefficient (Wildman–Crippen LogP) is -1.97. The minimum Gasteiger partial charge on any atom is -0.859 e. The van der Waals surface area contributed by atoms with Gasteiger partial charge in [0.2, 0.25) is 0 Å². The summed E-state index contributed by atoms with van der Waals surface area (Å²) in [5.41, 5.74) is -2.12. The van der Waals surface area contributed by atoms with E-state index in [-0.39, 0.29) is 0 Å². The van der Waals surface area contributed by atoms with Crippen LogP contribution in [0.25, 0.3) is 0 Å². The molecule has 0 aromatic carbocycles. The molecule has 0 amide bonds. The molecule has 0 spiro atoms. The summed E-state index contributed by atoms with van der Waals surface area (Å²) in [4.78, 5) is 22.2. The minimum absolute atomic E-state index is 0.537. The van der Waals surface area contributed by atoms with E-state index in [1.165, 1.54) is 20.2 Å². The minimum atomic E-state index is -0.851. The number of aromatic nitrogens is 2. The van der Waals surface area contributed by atoms with Crippen LogP contribution < -0.4 is 16.4 Å².